The van der Waals surface area contributed by atoms with E-state index in [4.69, 9.17) is 0 Å². The second-order valence-electron chi connectivity index (χ2n) is 7.59. The van der Waals surface area contributed by atoms with Gasteiger partial charge in [-0.05, 0) is 45.3 Å². The summed E-state index contributed by atoms with van der Waals surface area (Å²) in [7, 11) is -3.98. The Kier molecular flexibility index (Phi) is 5.03. The summed E-state index contributed by atoms with van der Waals surface area (Å²) in [6.07, 6.45) is 0. The fourth-order valence-electron chi connectivity index (χ4n) is 4.04. The SMILES string of the molecule is O=[N+]([O-])c1ccc(S(=O)(=O)Nc2ccc3ccccc3c2-c2cccc3ccccc23)cc1. The maximum absolute atomic E-state index is 13.2. The maximum Gasteiger partial charge on any atom is 0.269 e. The van der Waals surface area contributed by atoms with Gasteiger partial charge in [-0.2, -0.15) is 0 Å². The van der Waals surface area contributed by atoms with Crippen molar-refractivity contribution < 1.29 is 13.3 Å². The quantitative estimate of drug-likeness (QED) is 0.247. The van der Waals surface area contributed by atoms with Crippen molar-refractivity contribution in [2.45, 2.75) is 4.90 Å². The van der Waals surface area contributed by atoms with E-state index in [0.29, 0.717) is 5.69 Å². The molecule has 0 amide bonds. The van der Waals surface area contributed by atoms with E-state index >= 15 is 0 Å². The van der Waals surface area contributed by atoms with Crippen LogP contribution in [0.5, 0.6) is 0 Å². The molecule has 0 aromatic heterocycles. The summed E-state index contributed by atoms with van der Waals surface area (Å²) in [5.41, 5.74) is 1.95. The van der Waals surface area contributed by atoms with Gasteiger partial charge in [-0.25, -0.2) is 8.42 Å². The topological polar surface area (TPSA) is 89.3 Å². The van der Waals surface area contributed by atoms with Gasteiger partial charge in [0.1, 0.15) is 0 Å². The third-order valence-electron chi connectivity index (χ3n) is 5.59. The molecule has 1 N–H and O–H groups in total. The summed E-state index contributed by atoms with van der Waals surface area (Å²) in [5.74, 6) is 0. The highest BCUT2D eigenvalue weighted by molar-refractivity contribution is 7.92. The van der Waals surface area contributed by atoms with Crippen LogP contribution in [0.2, 0.25) is 0 Å². The zero-order valence-electron chi connectivity index (χ0n) is 17.3. The molecule has 0 bridgehead atoms. The summed E-state index contributed by atoms with van der Waals surface area (Å²) in [6, 6.07) is 30.2. The molecule has 5 aromatic rings. The van der Waals surface area contributed by atoms with Crippen molar-refractivity contribution in [2.24, 2.45) is 0 Å². The lowest BCUT2D eigenvalue weighted by Crippen LogP contribution is -2.13. The number of anilines is 1. The van der Waals surface area contributed by atoms with Gasteiger partial charge in [-0.3, -0.25) is 14.8 Å². The molecule has 0 radical (unpaired) electrons. The molecule has 0 fully saturated rings. The zero-order chi connectivity index (χ0) is 23.0. The Balaban J connectivity index is 1.70. The van der Waals surface area contributed by atoms with Gasteiger partial charge < -0.3 is 0 Å². The third-order valence-corrected chi connectivity index (χ3v) is 6.97. The molecular formula is C26H18N2O4S. The Hall–Kier alpha value is -4.23. The number of nitrogens with zero attached hydrogens (tertiary/aromatic N) is 1. The van der Waals surface area contributed by atoms with Crippen molar-refractivity contribution >= 4 is 42.9 Å². The van der Waals surface area contributed by atoms with E-state index in [9.17, 15) is 18.5 Å². The van der Waals surface area contributed by atoms with Crippen LogP contribution in [0.15, 0.2) is 108 Å². The van der Waals surface area contributed by atoms with Crippen molar-refractivity contribution in [1.29, 1.82) is 0 Å². The van der Waals surface area contributed by atoms with Crippen LogP contribution in [-0.4, -0.2) is 13.3 Å². The first kappa shape index (κ1) is 20.7. The predicted octanol–water partition coefficient (Wildman–Crippen LogP) is 6.37. The third kappa shape index (κ3) is 3.79. The van der Waals surface area contributed by atoms with Gasteiger partial charge in [-0.1, -0.05) is 72.8 Å². The Morgan fingerprint density at radius 1 is 0.667 bits per heavy atom. The number of hydrogen-bond donors (Lipinski definition) is 1. The monoisotopic (exact) mass is 454 g/mol. The highest BCUT2D eigenvalue weighted by Gasteiger charge is 2.20. The summed E-state index contributed by atoms with van der Waals surface area (Å²) in [5, 5.41) is 14.9. The van der Waals surface area contributed by atoms with Crippen LogP contribution in [0.25, 0.3) is 32.7 Å². The average molecular weight is 455 g/mol. The van der Waals surface area contributed by atoms with Crippen LogP contribution in [0, 0.1) is 10.1 Å². The molecule has 0 aliphatic heterocycles. The Morgan fingerprint density at radius 2 is 1.27 bits per heavy atom. The molecule has 33 heavy (non-hydrogen) atoms. The number of nitrogens with one attached hydrogen (secondary N) is 1. The van der Waals surface area contributed by atoms with Crippen molar-refractivity contribution in [3.63, 3.8) is 0 Å². The normalized spacial score (nSPS) is 11.5. The lowest BCUT2D eigenvalue weighted by Gasteiger charge is -2.17. The molecule has 5 rings (SSSR count). The zero-order valence-corrected chi connectivity index (χ0v) is 18.1. The smallest absolute Gasteiger partial charge is 0.269 e. The van der Waals surface area contributed by atoms with Crippen LogP contribution in [0.1, 0.15) is 0 Å². The fourth-order valence-corrected chi connectivity index (χ4v) is 5.11. The first-order valence-electron chi connectivity index (χ1n) is 10.2. The molecule has 0 unspecified atom stereocenters. The van der Waals surface area contributed by atoms with E-state index in [0.717, 1.165) is 32.7 Å². The molecule has 7 heteroatoms. The minimum Gasteiger partial charge on any atom is -0.279 e. The van der Waals surface area contributed by atoms with Crippen LogP contribution < -0.4 is 4.72 Å². The molecular weight excluding hydrogens is 436 g/mol. The second kappa shape index (κ2) is 8.03. The summed E-state index contributed by atoms with van der Waals surface area (Å²) < 4.78 is 29.1. The molecule has 162 valence electrons. The minimum absolute atomic E-state index is 0.0508. The maximum atomic E-state index is 13.2. The molecule has 0 heterocycles. The van der Waals surface area contributed by atoms with Crippen molar-refractivity contribution in [1.82, 2.24) is 0 Å². The number of fused-ring (bicyclic) bond motifs is 2. The highest BCUT2D eigenvalue weighted by Crippen LogP contribution is 2.40. The summed E-state index contributed by atoms with van der Waals surface area (Å²) in [4.78, 5) is 10.3. The van der Waals surface area contributed by atoms with E-state index in [1.165, 1.54) is 24.3 Å². The lowest BCUT2D eigenvalue weighted by atomic mass is 9.93. The van der Waals surface area contributed by atoms with Gasteiger partial charge in [0.05, 0.1) is 15.5 Å². The van der Waals surface area contributed by atoms with E-state index < -0.39 is 14.9 Å². The number of nitro benzene ring substituents is 1. The lowest BCUT2D eigenvalue weighted by molar-refractivity contribution is -0.384. The highest BCUT2D eigenvalue weighted by atomic mass is 32.2. The number of hydrogen-bond acceptors (Lipinski definition) is 4. The van der Waals surface area contributed by atoms with Crippen LogP contribution in [0.3, 0.4) is 0 Å². The van der Waals surface area contributed by atoms with Gasteiger partial charge in [0.15, 0.2) is 0 Å². The first-order chi connectivity index (χ1) is 15.9. The van der Waals surface area contributed by atoms with E-state index in [1.54, 1.807) is 6.07 Å². The molecule has 0 saturated carbocycles. The van der Waals surface area contributed by atoms with E-state index in [-0.39, 0.29) is 10.6 Å². The Labute approximate surface area is 190 Å². The minimum atomic E-state index is -3.98. The van der Waals surface area contributed by atoms with Crippen LogP contribution in [0.4, 0.5) is 11.4 Å². The molecule has 6 nitrogen and oxygen atoms in total. The van der Waals surface area contributed by atoms with Gasteiger partial charge in [0.25, 0.3) is 15.7 Å². The van der Waals surface area contributed by atoms with Crippen molar-refractivity contribution in [2.75, 3.05) is 4.72 Å². The fraction of sp³-hybridized carbons (Fsp3) is 0. The second-order valence-corrected chi connectivity index (χ2v) is 9.27. The van der Waals surface area contributed by atoms with Gasteiger partial charge in [0, 0.05) is 17.7 Å². The molecule has 0 spiro atoms. The molecule has 5 aromatic carbocycles. The molecule has 0 aliphatic rings. The van der Waals surface area contributed by atoms with Gasteiger partial charge >= 0.3 is 0 Å². The summed E-state index contributed by atoms with van der Waals surface area (Å²) >= 11 is 0. The van der Waals surface area contributed by atoms with Gasteiger partial charge in [0.2, 0.25) is 0 Å². The molecule has 0 atom stereocenters. The Bertz CT molecular complexity index is 1620. The van der Waals surface area contributed by atoms with E-state index in [2.05, 4.69) is 4.72 Å². The number of rotatable bonds is 5. The summed E-state index contributed by atoms with van der Waals surface area (Å²) in [6.45, 7) is 0. The first-order valence-corrected chi connectivity index (χ1v) is 11.7. The largest absolute Gasteiger partial charge is 0.279 e. The predicted molar refractivity (Wildman–Crippen MR) is 131 cm³/mol. The Morgan fingerprint density at radius 3 is 1.97 bits per heavy atom. The van der Waals surface area contributed by atoms with Crippen molar-refractivity contribution in [3.05, 3.63) is 113 Å². The number of benzene rings is 5. The van der Waals surface area contributed by atoms with Crippen LogP contribution >= 0.6 is 0 Å². The van der Waals surface area contributed by atoms with E-state index in [1.807, 2.05) is 72.8 Å². The number of sulfonamides is 1. The molecule has 0 saturated heterocycles. The number of nitro groups is 1. The number of non-ortho nitro benzene ring substituents is 1. The van der Waals surface area contributed by atoms with Gasteiger partial charge in [-0.15, -0.1) is 0 Å². The molecule has 0 aliphatic carbocycles. The standard InChI is InChI=1S/C26H18N2O4S/c29-28(30)20-13-15-21(16-14-20)33(31,32)27-25-17-12-19-7-2-4-10-23(19)26(25)24-11-5-8-18-6-1-3-9-22(18)24/h1-17,27H. The van der Waals surface area contributed by atoms with Crippen molar-refractivity contribution in [3.8, 4) is 11.1 Å². The van der Waals surface area contributed by atoms with Crippen LogP contribution in [-0.2, 0) is 10.0 Å². The average Bonchev–Trinajstić information content (AvgIpc) is 2.83.